The van der Waals surface area contributed by atoms with Gasteiger partial charge in [-0.25, -0.2) is 0 Å². The molecule has 3 nitrogen and oxygen atoms in total. The number of aromatic nitrogens is 1. The summed E-state index contributed by atoms with van der Waals surface area (Å²) >= 11 is 0. The van der Waals surface area contributed by atoms with Crippen molar-refractivity contribution in [2.45, 2.75) is 26.3 Å². The molecule has 16 heavy (non-hydrogen) atoms. The highest BCUT2D eigenvalue weighted by Crippen LogP contribution is 2.18. The van der Waals surface area contributed by atoms with E-state index < -0.39 is 5.97 Å². The summed E-state index contributed by atoms with van der Waals surface area (Å²) in [6, 6.07) is 7.89. The van der Waals surface area contributed by atoms with Gasteiger partial charge in [0.2, 0.25) is 0 Å². The largest absolute Gasteiger partial charge is 0.481 e. The fourth-order valence-electron chi connectivity index (χ4n) is 1.97. The third-order valence-electron chi connectivity index (χ3n) is 2.66. The number of carboxylic acids is 1. The smallest absolute Gasteiger partial charge is 0.307 e. The summed E-state index contributed by atoms with van der Waals surface area (Å²) in [5.74, 6) is -0.785. The second-order valence-electron chi connectivity index (χ2n) is 3.97. The molecule has 3 heteroatoms. The number of fused-ring (bicyclic) bond motifs is 1. The van der Waals surface area contributed by atoms with Crippen molar-refractivity contribution in [1.29, 1.82) is 0 Å². The Morgan fingerprint density at radius 1 is 1.38 bits per heavy atom. The average molecular weight is 217 g/mol. The minimum atomic E-state index is -0.785. The van der Waals surface area contributed by atoms with Crippen LogP contribution >= 0.6 is 0 Å². The van der Waals surface area contributed by atoms with E-state index >= 15 is 0 Å². The first-order valence-corrected chi connectivity index (χ1v) is 5.50. The van der Waals surface area contributed by atoms with Crippen LogP contribution in [0.2, 0.25) is 0 Å². The zero-order valence-corrected chi connectivity index (χ0v) is 9.31. The maximum absolute atomic E-state index is 10.6. The lowest BCUT2D eigenvalue weighted by molar-refractivity contribution is -0.136. The number of rotatable bonds is 4. The first kappa shape index (κ1) is 10.7. The highest BCUT2D eigenvalue weighted by atomic mass is 16.4. The van der Waals surface area contributed by atoms with Crippen molar-refractivity contribution in [2.75, 3.05) is 0 Å². The van der Waals surface area contributed by atoms with Crippen molar-refractivity contribution in [1.82, 2.24) is 4.57 Å². The molecule has 1 aromatic heterocycles. The maximum atomic E-state index is 10.6. The predicted molar refractivity (Wildman–Crippen MR) is 63.6 cm³/mol. The van der Waals surface area contributed by atoms with E-state index in [2.05, 4.69) is 17.7 Å². The number of carbonyl (C=O) groups is 1. The van der Waals surface area contributed by atoms with Crippen LogP contribution in [0.4, 0.5) is 0 Å². The van der Waals surface area contributed by atoms with Crippen molar-refractivity contribution in [3.05, 3.63) is 36.0 Å². The maximum Gasteiger partial charge on any atom is 0.307 e. The van der Waals surface area contributed by atoms with Gasteiger partial charge in [-0.1, -0.05) is 13.0 Å². The Balaban J connectivity index is 2.37. The highest BCUT2D eigenvalue weighted by molar-refractivity contribution is 5.82. The summed E-state index contributed by atoms with van der Waals surface area (Å²) in [7, 11) is 0. The van der Waals surface area contributed by atoms with Gasteiger partial charge in [-0.15, -0.1) is 0 Å². The van der Waals surface area contributed by atoms with Crippen LogP contribution in [0.5, 0.6) is 0 Å². The molecule has 0 bridgehead atoms. The molecule has 1 N–H and O–H groups in total. The average Bonchev–Trinajstić information content (AvgIpc) is 2.61. The molecule has 1 aromatic carbocycles. The third kappa shape index (κ3) is 2.08. The van der Waals surface area contributed by atoms with E-state index in [1.54, 1.807) is 0 Å². The number of hydrogen-bond acceptors (Lipinski definition) is 1. The molecule has 0 amide bonds. The van der Waals surface area contributed by atoms with Gasteiger partial charge in [0.1, 0.15) is 0 Å². The van der Waals surface area contributed by atoms with Crippen molar-refractivity contribution in [3.63, 3.8) is 0 Å². The van der Waals surface area contributed by atoms with Crippen molar-refractivity contribution < 1.29 is 9.90 Å². The molecule has 0 aliphatic heterocycles. The van der Waals surface area contributed by atoms with Crippen molar-refractivity contribution in [2.24, 2.45) is 0 Å². The SMILES string of the molecule is CCCn1ccc2cc(CC(=O)O)ccc21. The molecule has 0 saturated heterocycles. The van der Waals surface area contributed by atoms with E-state index in [0.29, 0.717) is 0 Å². The molecule has 0 aliphatic rings. The summed E-state index contributed by atoms with van der Waals surface area (Å²) in [4.78, 5) is 10.6. The second kappa shape index (κ2) is 4.39. The zero-order chi connectivity index (χ0) is 11.5. The van der Waals surface area contributed by atoms with E-state index in [1.165, 1.54) is 5.52 Å². The van der Waals surface area contributed by atoms with Crippen LogP contribution in [0.3, 0.4) is 0 Å². The fourth-order valence-corrected chi connectivity index (χ4v) is 1.97. The Morgan fingerprint density at radius 3 is 2.88 bits per heavy atom. The summed E-state index contributed by atoms with van der Waals surface area (Å²) in [6.45, 7) is 3.15. The van der Waals surface area contributed by atoms with E-state index in [9.17, 15) is 4.79 Å². The summed E-state index contributed by atoms with van der Waals surface area (Å²) in [6.07, 6.45) is 3.24. The Kier molecular flexibility index (Phi) is 2.95. The second-order valence-corrected chi connectivity index (χ2v) is 3.97. The lowest BCUT2D eigenvalue weighted by atomic mass is 10.1. The number of benzene rings is 1. The van der Waals surface area contributed by atoms with Crippen LogP contribution in [0.1, 0.15) is 18.9 Å². The first-order valence-electron chi connectivity index (χ1n) is 5.50. The summed E-state index contributed by atoms with van der Waals surface area (Å²) < 4.78 is 2.19. The molecule has 0 atom stereocenters. The minimum Gasteiger partial charge on any atom is -0.481 e. The predicted octanol–water partition coefficient (Wildman–Crippen LogP) is 2.68. The van der Waals surface area contributed by atoms with Gasteiger partial charge in [0.15, 0.2) is 0 Å². The Hall–Kier alpha value is -1.77. The van der Waals surface area contributed by atoms with E-state index in [4.69, 9.17) is 5.11 Å². The molecule has 0 aliphatic carbocycles. The van der Waals surface area contributed by atoms with Gasteiger partial charge in [-0.05, 0) is 35.6 Å². The molecule has 2 rings (SSSR count). The van der Waals surface area contributed by atoms with Crippen LogP contribution < -0.4 is 0 Å². The van der Waals surface area contributed by atoms with Gasteiger partial charge >= 0.3 is 5.97 Å². The topological polar surface area (TPSA) is 42.2 Å². The van der Waals surface area contributed by atoms with Crippen LogP contribution in [0.25, 0.3) is 10.9 Å². The van der Waals surface area contributed by atoms with E-state index in [0.717, 1.165) is 23.9 Å². The molecule has 1 heterocycles. The van der Waals surface area contributed by atoms with Crippen LogP contribution in [0, 0.1) is 0 Å². The number of hydrogen-bond donors (Lipinski definition) is 1. The van der Waals surface area contributed by atoms with Gasteiger partial charge < -0.3 is 9.67 Å². The molecular formula is C13H15NO2. The Labute approximate surface area is 94.3 Å². The summed E-state index contributed by atoms with van der Waals surface area (Å²) in [5, 5.41) is 9.84. The van der Waals surface area contributed by atoms with Crippen LogP contribution in [-0.2, 0) is 17.8 Å². The van der Waals surface area contributed by atoms with Crippen LogP contribution in [0.15, 0.2) is 30.5 Å². The minimum absolute atomic E-state index is 0.0922. The quantitative estimate of drug-likeness (QED) is 0.855. The summed E-state index contributed by atoms with van der Waals surface area (Å²) in [5.41, 5.74) is 2.03. The van der Waals surface area contributed by atoms with Gasteiger partial charge in [0, 0.05) is 18.3 Å². The molecule has 0 fully saturated rings. The van der Waals surface area contributed by atoms with Gasteiger partial charge in [-0.2, -0.15) is 0 Å². The van der Waals surface area contributed by atoms with Crippen molar-refractivity contribution in [3.8, 4) is 0 Å². The normalized spacial score (nSPS) is 10.8. The lowest BCUT2D eigenvalue weighted by Gasteiger charge is -2.03. The third-order valence-corrected chi connectivity index (χ3v) is 2.66. The molecular weight excluding hydrogens is 202 g/mol. The van der Waals surface area contributed by atoms with Gasteiger partial charge in [-0.3, -0.25) is 4.79 Å². The first-order chi connectivity index (χ1) is 7.70. The van der Waals surface area contributed by atoms with E-state index in [1.807, 2.05) is 24.3 Å². The lowest BCUT2D eigenvalue weighted by Crippen LogP contribution is -2.00. The highest BCUT2D eigenvalue weighted by Gasteiger charge is 2.04. The fraction of sp³-hybridized carbons (Fsp3) is 0.308. The molecule has 0 spiro atoms. The molecule has 2 aromatic rings. The number of carboxylic acid groups (broad SMARTS) is 1. The van der Waals surface area contributed by atoms with E-state index in [-0.39, 0.29) is 6.42 Å². The Bertz CT molecular complexity index is 514. The van der Waals surface area contributed by atoms with Crippen LogP contribution in [-0.4, -0.2) is 15.6 Å². The molecule has 0 saturated carbocycles. The molecule has 84 valence electrons. The molecule has 0 unspecified atom stereocenters. The Morgan fingerprint density at radius 2 is 2.19 bits per heavy atom. The number of aryl methyl sites for hydroxylation is 1. The van der Waals surface area contributed by atoms with Crippen molar-refractivity contribution >= 4 is 16.9 Å². The molecule has 0 radical (unpaired) electrons. The van der Waals surface area contributed by atoms with Gasteiger partial charge in [0.25, 0.3) is 0 Å². The zero-order valence-electron chi connectivity index (χ0n) is 9.31. The standard InChI is InChI=1S/C13H15NO2/c1-2-6-14-7-5-11-8-10(9-13(15)16)3-4-12(11)14/h3-5,7-8H,2,6,9H2,1H3,(H,15,16). The number of nitrogens with zero attached hydrogens (tertiary/aromatic N) is 1. The monoisotopic (exact) mass is 217 g/mol. The van der Waals surface area contributed by atoms with Gasteiger partial charge in [0.05, 0.1) is 6.42 Å². The number of aliphatic carboxylic acids is 1.